The van der Waals surface area contributed by atoms with E-state index in [1.54, 1.807) is 0 Å². The van der Waals surface area contributed by atoms with Crippen LogP contribution >= 0.6 is 11.6 Å². The van der Waals surface area contributed by atoms with Crippen molar-refractivity contribution < 1.29 is 36.8 Å². The predicted molar refractivity (Wildman–Crippen MR) is 78.6 cm³/mol. The average Bonchev–Trinajstić information content (AvgIpc) is 3.10. The third-order valence-electron chi connectivity index (χ3n) is 3.55. The lowest BCUT2D eigenvalue weighted by atomic mass is 9.94. The van der Waals surface area contributed by atoms with Gasteiger partial charge >= 0.3 is 23.6 Å². The van der Waals surface area contributed by atoms with Crippen molar-refractivity contribution in [2.75, 3.05) is 5.32 Å². The van der Waals surface area contributed by atoms with E-state index >= 15 is 0 Å². The molecule has 0 saturated carbocycles. The lowest BCUT2D eigenvalue weighted by molar-refractivity contribution is -0.402. The Morgan fingerprint density at radius 2 is 2.00 bits per heavy atom. The number of hydrogen-bond acceptors (Lipinski definition) is 6. The Morgan fingerprint density at radius 1 is 1.31 bits per heavy atom. The number of nitrogens with one attached hydrogen (secondary N) is 1. The summed E-state index contributed by atoms with van der Waals surface area (Å²) in [6, 6.07) is 4.57. The Kier molecular flexibility index (Phi) is 3.91. The number of nitrogens with zero attached hydrogens (tertiary/aromatic N) is 1. The van der Waals surface area contributed by atoms with Crippen LogP contribution in [0.2, 0.25) is 5.02 Å². The van der Waals surface area contributed by atoms with Crippen LogP contribution < -0.4 is 5.32 Å². The second-order valence-corrected chi connectivity index (χ2v) is 5.54. The van der Waals surface area contributed by atoms with Crippen molar-refractivity contribution >= 4 is 35.0 Å². The number of fused-ring (bicyclic) bond motifs is 1. The van der Waals surface area contributed by atoms with Crippen LogP contribution in [-0.2, 0) is 15.1 Å². The number of halogens is 4. The van der Waals surface area contributed by atoms with Crippen LogP contribution in [-0.4, -0.2) is 23.0 Å². The van der Waals surface area contributed by atoms with Crippen molar-refractivity contribution in [3.8, 4) is 0 Å². The third kappa shape index (κ3) is 2.56. The Morgan fingerprint density at radius 3 is 2.58 bits per heavy atom. The zero-order valence-corrected chi connectivity index (χ0v) is 13.1. The predicted octanol–water partition coefficient (Wildman–Crippen LogP) is 3.41. The van der Waals surface area contributed by atoms with Gasteiger partial charge in [0.05, 0.1) is 11.8 Å². The molecular formula is C14H6ClF3N2O6. The lowest BCUT2D eigenvalue weighted by Gasteiger charge is -2.29. The molecule has 26 heavy (non-hydrogen) atoms. The summed E-state index contributed by atoms with van der Waals surface area (Å²) < 4.78 is 50.2. The van der Waals surface area contributed by atoms with Gasteiger partial charge in [-0.3, -0.25) is 14.9 Å². The fourth-order valence-corrected chi connectivity index (χ4v) is 2.60. The Hall–Kier alpha value is -3.08. The molecule has 0 aliphatic carbocycles. The largest absolute Gasteiger partial charge is 0.442 e. The maximum Gasteiger partial charge on any atom is 0.442 e. The van der Waals surface area contributed by atoms with Gasteiger partial charge in [0.25, 0.3) is 5.91 Å². The number of carbonyl (C=O) groups excluding carboxylic acids is 2. The average molecular weight is 391 g/mol. The lowest BCUT2D eigenvalue weighted by Crippen LogP contribution is -2.51. The van der Waals surface area contributed by atoms with Gasteiger partial charge < -0.3 is 14.5 Å². The molecule has 136 valence electrons. The van der Waals surface area contributed by atoms with Crippen LogP contribution in [0.15, 0.2) is 34.7 Å². The Bertz CT molecular complexity index is 941. The molecule has 0 unspecified atom stereocenters. The van der Waals surface area contributed by atoms with Crippen molar-refractivity contribution in [2.24, 2.45) is 0 Å². The molecule has 2 aromatic rings. The molecule has 0 radical (unpaired) electrons. The first kappa shape index (κ1) is 17.7. The number of benzene rings is 1. The van der Waals surface area contributed by atoms with E-state index in [1.807, 2.05) is 5.32 Å². The van der Waals surface area contributed by atoms with Crippen molar-refractivity contribution in [3.05, 3.63) is 56.8 Å². The SMILES string of the molecule is O=C(O[C@]1(C(F)(F)F)C(=O)Nc2cc(Cl)ccc21)c1ccc([N+](=O)[O-])o1. The number of nitro groups is 1. The van der Waals surface area contributed by atoms with E-state index in [2.05, 4.69) is 9.15 Å². The summed E-state index contributed by atoms with van der Waals surface area (Å²) in [5.74, 6) is -5.10. The second kappa shape index (κ2) is 5.73. The number of hydrogen-bond donors (Lipinski definition) is 1. The van der Waals surface area contributed by atoms with Gasteiger partial charge in [0.2, 0.25) is 5.76 Å². The molecule has 1 aliphatic heterocycles. The minimum atomic E-state index is -5.33. The number of ether oxygens (including phenoxy) is 1. The molecule has 8 nitrogen and oxygen atoms in total. The molecule has 0 fully saturated rings. The highest BCUT2D eigenvalue weighted by atomic mass is 35.5. The number of alkyl halides is 3. The van der Waals surface area contributed by atoms with Crippen molar-refractivity contribution in [3.63, 3.8) is 0 Å². The highest BCUT2D eigenvalue weighted by molar-refractivity contribution is 6.31. The zero-order valence-electron chi connectivity index (χ0n) is 12.3. The van der Waals surface area contributed by atoms with Crippen LogP contribution in [0.3, 0.4) is 0 Å². The van der Waals surface area contributed by atoms with E-state index in [-0.39, 0.29) is 10.7 Å². The van der Waals surface area contributed by atoms with Crippen LogP contribution in [0, 0.1) is 10.1 Å². The standard InChI is InChI=1S/C14H6ClF3N2O6/c15-6-1-2-7-8(5-6)19-12(22)13(7,14(16,17)18)26-11(21)9-3-4-10(25-9)20(23)24/h1-5H,(H,19,22)/t13-/m0/s1. The molecule has 1 aliphatic rings. The Balaban J connectivity index is 2.06. The van der Waals surface area contributed by atoms with E-state index in [4.69, 9.17) is 11.6 Å². The first-order valence-corrected chi connectivity index (χ1v) is 7.10. The summed E-state index contributed by atoms with van der Waals surface area (Å²) in [6.07, 6.45) is -5.33. The number of rotatable bonds is 3. The van der Waals surface area contributed by atoms with Crippen molar-refractivity contribution in [1.29, 1.82) is 0 Å². The van der Waals surface area contributed by atoms with E-state index in [1.165, 1.54) is 0 Å². The summed E-state index contributed by atoms with van der Waals surface area (Å²) >= 11 is 5.69. The van der Waals surface area contributed by atoms with Crippen molar-refractivity contribution in [1.82, 2.24) is 0 Å². The highest BCUT2D eigenvalue weighted by Crippen LogP contribution is 2.50. The second-order valence-electron chi connectivity index (χ2n) is 5.11. The number of anilines is 1. The number of furan rings is 1. The molecule has 1 atom stereocenters. The summed E-state index contributed by atoms with van der Waals surface area (Å²) in [5, 5.41) is 12.6. The summed E-state index contributed by atoms with van der Waals surface area (Å²) in [5.41, 5.74) is -4.60. The monoisotopic (exact) mass is 390 g/mol. The molecule has 0 spiro atoms. The van der Waals surface area contributed by atoms with Gasteiger partial charge in [-0.25, -0.2) is 4.79 Å². The van der Waals surface area contributed by atoms with Crippen LogP contribution in [0.1, 0.15) is 16.1 Å². The summed E-state index contributed by atoms with van der Waals surface area (Å²) in [7, 11) is 0. The van der Waals surface area contributed by atoms with Gasteiger partial charge in [-0.1, -0.05) is 17.7 Å². The number of amides is 1. The smallest absolute Gasteiger partial charge is 0.428 e. The normalized spacial score (nSPS) is 19.0. The fraction of sp³-hybridized carbons (Fsp3) is 0.143. The van der Waals surface area contributed by atoms with Gasteiger partial charge in [0, 0.05) is 10.6 Å². The van der Waals surface area contributed by atoms with Gasteiger partial charge in [0.1, 0.15) is 4.92 Å². The summed E-state index contributed by atoms with van der Waals surface area (Å²) in [4.78, 5) is 33.7. The van der Waals surface area contributed by atoms with Crippen LogP contribution in [0.4, 0.5) is 24.7 Å². The van der Waals surface area contributed by atoms with Gasteiger partial charge in [-0.05, 0) is 18.2 Å². The molecule has 0 saturated heterocycles. The molecule has 1 amide bonds. The summed E-state index contributed by atoms with van der Waals surface area (Å²) in [6.45, 7) is 0. The van der Waals surface area contributed by atoms with Crippen molar-refractivity contribution in [2.45, 2.75) is 11.8 Å². The molecule has 0 bridgehead atoms. The Labute approximate surface area is 146 Å². The quantitative estimate of drug-likeness (QED) is 0.488. The molecule has 1 aromatic heterocycles. The minimum Gasteiger partial charge on any atom is -0.428 e. The van der Waals surface area contributed by atoms with Gasteiger partial charge in [0.15, 0.2) is 0 Å². The maximum absolute atomic E-state index is 13.7. The van der Waals surface area contributed by atoms with E-state index in [0.29, 0.717) is 0 Å². The fourth-order valence-electron chi connectivity index (χ4n) is 2.43. The first-order chi connectivity index (χ1) is 12.1. The van der Waals surface area contributed by atoms with Crippen LogP contribution in [0.25, 0.3) is 0 Å². The third-order valence-corrected chi connectivity index (χ3v) is 3.78. The van der Waals surface area contributed by atoms with Crippen LogP contribution in [0.5, 0.6) is 0 Å². The number of carbonyl (C=O) groups is 2. The van der Waals surface area contributed by atoms with E-state index in [9.17, 15) is 32.9 Å². The molecular weight excluding hydrogens is 385 g/mol. The number of esters is 1. The molecule has 1 aromatic carbocycles. The molecule has 12 heteroatoms. The zero-order chi connectivity index (χ0) is 19.3. The first-order valence-electron chi connectivity index (χ1n) is 6.72. The molecule has 1 N–H and O–H groups in total. The van der Waals surface area contributed by atoms with Gasteiger partial charge in [-0.2, -0.15) is 13.2 Å². The van der Waals surface area contributed by atoms with Gasteiger partial charge in [-0.15, -0.1) is 0 Å². The minimum absolute atomic E-state index is 0.0509. The van der Waals surface area contributed by atoms with E-state index < -0.39 is 45.8 Å². The van der Waals surface area contributed by atoms with E-state index in [0.717, 1.165) is 30.3 Å². The maximum atomic E-state index is 13.7. The highest BCUT2D eigenvalue weighted by Gasteiger charge is 2.69. The molecule has 2 heterocycles. The topological polar surface area (TPSA) is 112 Å². The molecule has 3 rings (SSSR count).